The zero-order chi connectivity index (χ0) is 20.9. The molecule has 1 fully saturated rings. The van der Waals surface area contributed by atoms with E-state index in [1.807, 2.05) is 31.2 Å². The third kappa shape index (κ3) is 4.96. The fourth-order valence-corrected chi connectivity index (χ4v) is 3.53. The van der Waals surface area contributed by atoms with Crippen molar-refractivity contribution >= 4 is 5.91 Å². The average Bonchev–Trinajstić information content (AvgIpc) is 3.25. The van der Waals surface area contributed by atoms with E-state index in [0.717, 1.165) is 24.2 Å². The normalized spacial score (nSPS) is 15.7. The molecule has 0 saturated carbocycles. The van der Waals surface area contributed by atoms with Crippen molar-refractivity contribution in [1.82, 2.24) is 10.2 Å². The first-order valence-electron chi connectivity index (χ1n) is 10.1. The molecule has 1 aliphatic heterocycles. The molecule has 1 aliphatic rings. The predicted octanol–water partition coefficient (Wildman–Crippen LogP) is 4.20. The molecule has 5 nitrogen and oxygen atoms in total. The molecule has 3 aromatic rings. The lowest BCUT2D eigenvalue weighted by atomic mass is 10.0. The van der Waals surface area contributed by atoms with Crippen molar-refractivity contribution in [2.24, 2.45) is 0 Å². The maximum absolute atomic E-state index is 13.2. The van der Waals surface area contributed by atoms with Gasteiger partial charge in [0.2, 0.25) is 0 Å². The van der Waals surface area contributed by atoms with Crippen molar-refractivity contribution < 1.29 is 18.3 Å². The molecule has 6 heteroatoms. The first kappa shape index (κ1) is 20.3. The van der Waals surface area contributed by atoms with Gasteiger partial charge in [-0.05, 0) is 48.9 Å². The van der Waals surface area contributed by atoms with Gasteiger partial charge in [0, 0.05) is 25.2 Å². The highest BCUT2D eigenvalue weighted by molar-refractivity contribution is 5.92. The van der Waals surface area contributed by atoms with Gasteiger partial charge in [0.05, 0.1) is 19.3 Å². The Hall–Kier alpha value is -2.96. The number of hydrogen-bond acceptors (Lipinski definition) is 4. The van der Waals surface area contributed by atoms with Gasteiger partial charge >= 0.3 is 0 Å². The van der Waals surface area contributed by atoms with E-state index in [4.69, 9.17) is 9.15 Å². The molecular weight excluding hydrogens is 383 g/mol. The number of nitrogens with one attached hydrogen (secondary N) is 1. The van der Waals surface area contributed by atoms with Gasteiger partial charge in [-0.25, -0.2) is 4.39 Å². The van der Waals surface area contributed by atoms with Crippen LogP contribution in [0.5, 0.6) is 0 Å². The maximum atomic E-state index is 13.2. The van der Waals surface area contributed by atoms with Gasteiger partial charge in [-0.15, -0.1) is 0 Å². The van der Waals surface area contributed by atoms with E-state index in [1.165, 1.54) is 17.7 Å². The number of aryl methyl sites for hydroxylation is 1. The molecule has 0 spiro atoms. The molecule has 4 rings (SSSR count). The van der Waals surface area contributed by atoms with Crippen molar-refractivity contribution in [2.45, 2.75) is 13.0 Å². The number of amides is 1. The minimum Gasteiger partial charge on any atom is -0.451 e. The minimum atomic E-state index is -0.313. The SMILES string of the molecule is Cc1ccc([C@H](CN2CCOCC2)NC(=O)c2ccc(-c3ccc(F)cc3)o2)cc1. The van der Waals surface area contributed by atoms with Gasteiger partial charge in [0.25, 0.3) is 5.91 Å². The van der Waals surface area contributed by atoms with Crippen LogP contribution in [-0.2, 0) is 4.74 Å². The van der Waals surface area contributed by atoms with Crippen LogP contribution in [0.3, 0.4) is 0 Å². The Balaban J connectivity index is 1.50. The van der Waals surface area contributed by atoms with Crippen molar-refractivity contribution in [3.8, 4) is 11.3 Å². The van der Waals surface area contributed by atoms with E-state index in [9.17, 15) is 9.18 Å². The summed E-state index contributed by atoms with van der Waals surface area (Å²) in [5.74, 6) is 0.170. The van der Waals surface area contributed by atoms with Gasteiger partial charge < -0.3 is 14.5 Å². The third-order valence-corrected chi connectivity index (χ3v) is 5.29. The van der Waals surface area contributed by atoms with E-state index in [-0.39, 0.29) is 23.5 Å². The topological polar surface area (TPSA) is 54.7 Å². The molecule has 0 aliphatic carbocycles. The zero-order valence-corrected chi connectivity index (χ0v) is 16.9. The lowest BCUT2D eigenvalue weighted by Crippen LogP contribution is -2.43. The van der Waals surface area contributed by atoms with Gasteiger partial charge in [-0.1, -0.05) is 29.8 Å². The number of nitrogens with zero attached hydrogens (tertiary/aromatic N) is 1. The molecule has 1 aromatic heterocycles. The smallest absolute Gasteiger partial charge is 0.287 e. The zero-order valence-electron chi connectivity index (χ0n) is 16.9. The molecule has 30 heavy (non-hydrogen) atoms. The van der Waals surface area contributed by atoms with Crippen molar-refractivity contribution in [3.63, 3.8) is 0 Å². The molecule has 0 bridgehead atoms. The fourth-order valence-electron chi connectivity index (χ4n) is 3.53. The van der Waals surface area contributed by atoms with Crippen LogP contribution in [-0.4, -0.2) is 43.7 Å². The van der Waals surface area contributed by atoms with Crippen molar-refractivity contribution in [1.29, 1.82) is 0 Å². The molecule has 1 atom stereocenters. The van der Waals surface area contributed by atoms with E-state index in [1.54, 1.807) is 24.3 Å². The second-order valence-corrected chi connectivity index (χ2v) is 7.52. The van der Waals surface area contributed by atoms with E-state index in [0.29, 0.717) is 25.5 Å². The summed E-state index contributed by atoms with van der Waals surface area (Å²) in [5, 5.41) is 3.12. The Labute approximate surface area is 175 Å². The Morgan fingerprint density at radius 1 is 1.03 bits per heavy atom. The number of carbonyl (C=O) groups excluding carboxylic acids is 1. The lowest BCUT2D eigenvalue weighted by molar-refractivity contribution is 0.0331. The second kappa shape index (κ2) is 9.24. The van der Waals surface area contributed by atoms with Crippen LogP contribution in [0.1, 0.15) is 27.7 Å². The first-order valence-corrected chi connectivity index (χ1v) is 10.1. The molecule has 1 N–H and O–H groups in total. The third-order valence-electron chi connectivity index (χ3n) is 5.29. The number of benzene rings is 2. The van der Waals surface area contributed by atoms with Gasteiger partial charge in [0.1, 0.15) is 11.6 Å². The summed E-state index contributed by atoms with van der Waals surface area (Å²) < 4.78 is 24.3. The van der Waals surface area contributed by atoms with Gasteiger partial charge in [0.15, 0.2) is 5.76 Å². The summed E-state index contributed by atoms with van der Waals surface area (Å²) in [7, 11) is 0. The Kier molecular flexibility index (Phi) is 6.26. The highest BCUT2D eigenvalue weighted by atomic mass is 19.1. The summed E-state index contributed by atoms with van der Waals surface area (Å²) in [6.45, 7) is 5.83. The Morgan fingerprint density at radius 3 is 2.43 bits per heavy atom. The summed E-state index contributed by atoms with van der Waals surface area (Å²) in [4.78, 5) is 15.2. The number of morpholine rings is 1. The number of hydrogen-bond donors (Lipinski definition) is 1. The van der Waals surface area contributed by atoms with Crippen LogP contribution in [0.4, 0.5) is 4.39 Å². The number of furan rings is 1. The van der Waals surface area contributed by atoms with E-state index < -0.39 is 0 Å². The highest BCUT2D eigenvalue weighted by Gasteiger charge is 2.22. The van der Waals surface area contributed by atoms with Crippen LogP contribution in [0.15, 0.2) is 65.1 Å². The number of carbonyl (C=O) groups is 1. The minimum absolute atomic E-state index is 0.171. The molecular formula is C24H25FN2O3. The molecule has 0 radical (unpaired) electrons. The molecule has 156 valence electrons. The van der Waals surface area contributed by atoms with Gasteiger partial charge in [-0.2, -0.15) is 0 Å². The first-order chi connectivity index (χ1) is 14.6. The average molecular weight is 408 g/mol. The summed E-state index contributed by atoms with van der Waals surface area (Å²) in [6.07, 6.45) is 0. The molecule has 0 unspecified atom stereocenters. The molecule has 1 saturated heterocycles. The van der Waals surface area contributed by atoms with Crippen LogP contribution < -0.4 is 5.32 Å². The maximum Gasteiger partial charge on any atom is 0.287 e. The summed E-state index contributed by atoms with van der Waals surface area (Å²) >= 11 is 0. The molecule has 1 amide bonds. The van der Waals surface area contributed by atoms with Crippen molar-refractivity contribution in [3.05, 3.63) is 83.4 Å². The lowest BCUT2D eigenvalue weighted by Gasteiger charge is -2.31. The van der Waals surface area contributed by atoms with Crippen LogP contribution >= 0.6 is 0 Å². The van der Waals surface area contributed by atoms with E-state index >= 15 is 0 Å². The Morgan fingerprint density at radius 2 is 1.73 bits per heavy atom. The quantitative estimate of drug-likeness (QED) is 0.664. The Bertz CT molecular complexity index is 976. The van der Waals surface area contributed by atoms with E-state index in [2.05, 4.69) is 10.2 Å². The van der Waals surface area contributed by atoms with Crippen LogP contribution in [0.2, 0.25) is 0 Å². The monoisotopic (exact) mass is 408 g/mol. The van der Waals surface area contributed by atoms with Crippen LogP contribution in [0, 0.1) is 12.7 Å². The largest absolute Gasteiger partial charge is 0.451 e. The fraction of sp³-hybridized carbons (Fsp3) is 0.292. The predicted molar refractivity (Wildman–Crippen MR) is 113 cm³/mol. The standard InChI is InChI=1S/C24H25FN2O3/c1-17-2-4-18(5-3-17)21(16-27-12-14-29-15-13-27)26-24(28)23-11-10-22(30-23)19-6-8-20(25)9-7-19/h2-11,21H,12-16H2,1H3,(H,26,28)/t21-/m0/s1. The number of rotatable bonds is 6. The van der Waals surface area contributed by atoms with Crippen LogP contribution in [0.25, 0.3) is 11.3 Å². The highest BCUT2D eigenvalue weighted by Crippen LogP contribution is 2.23. The number of ether oxygens (including phenoxy) is 1. The number of halogens is 1. The summed E-state index contributed by atoms with van der Waals surface area (Å²) in [5.41, 5.74) is 2.94. The summed E-state index contributed by atoms with van der Waals surface area (Å²) in [6, 6.07) is 17.4. The second-order valence-electron chi connectivity index (χ2n) is 7.52. The molecule has 2 aromatic carbocycles. The van der Waals surface area contributed by atoms with Crippen molar-refractivity contribution in [2.75, 3.05) is 32.8 Å². The van der Waals surface area contributed by atoms with Gasteiger partial charge in [-0.3, -0.25) is 9.69 Å². The molecule has 2 heterocycles.